The van der Waals surface area contributed by atoms with Gasteiger partial charge in [0, 0.05) is 31.1 Å². The van der Waals surface area contributed by atoms with Crippen molar-refractivity contribution in [3.05, 3.63) is 53.6 Å². The maximum Gasteiger partial charge on any atom is 0.408 e. The summed E-state index contributed by atoms with van der Waals surface area (Å²) in [7, 11) is 3.85. The van der Waals surface area contributed by atoms with Crippen molar-refractivity contribution in [3.8, 4) is 0 Å². The number of hydrogen-bond donors (Lipinski definition) is 2. The van der Waals surface area contributed by atoms with Gasteiger partial charge in [-0.15, -0.1) is 0 Å². The number of carbonyl (C=O) groups excluding carboxylic acids is 3. The quantitative estimate of drug-likeness (QED) is 0.584. The molecule has 37 heavy (non-hydrogen) atoms. The number of hydrogen-bond acceptors (Lipinski definition) is 5. The van der Waals surface area contributed by atoms with Gasteiger partial charge in [0.25, 0.3) is 5.91 Å². The summed E-state index contributed by atoms with van der Waals surface area (Å²) in [4.78, 5) is 41.1. The monoisotopic (exact) mass is 510 g/mol. The van der Waals surface area contributed by atoms with E-state index in [1.54, 1.807) is 32.7 Å². The summed E-state index contributed by atoms with van der Waals surface area (Å²) in [5.74, 6) is 0.105. The first kappa shape index (κ1) is 28.4. The smallest absolute Gasteiger partial charge is 0.408 e. The van der Waals surface area contributed by atoms with Crippen LogP contribution in [0.25, 0.3) is 5.57 Å². The van der Waals surface area contributed by atoms with E-state index >= 15 is 0 Å². The van der Waals surface area contributed by atoms with Gasteiger partial charge in [-0.2, -0.15) is 0 Å². The molecule has 0 bridgehead atoms. The molecule has 0 aromatic heterocycles. The molecule has 1 aromatic rings. The van der Waals surface area contributed by atoms with Gasteiger partial charge in [0.1, 0.15) is 12.1 Å². The molecule has 2 N–H and O–H groups in total. The number of carbonyl (C=O) groups is 3. The molecule has 1 saturated heterocycles. The standard InChI is InChI=1S/C29H42N4O4/c1-20-23(19-33(6)26(34)18-30-28(36)37-29(2,3)4)8-7-9-25(20)21-10-12-22(13-11-21)27(35)31-24-14-16-32(5)17-15-24/h7-13,20,23-24H,14-19H2,1-6H3,(H,30,36)(H,31,35). The SMILES string of the molecule is CC1C(c2ccc(C(=O)NC3CCN(C)CC3)cc2)=CC=CC1CN(C)C(=O)CNC(=O)OC(C)(C)C. The summed E-state index contributed by atoms with van der Waals surface area (Å²) in [5, 5.41) is 5.70. The van der Waals surface area contributed by atoms with Gasteiger partial charge in [0.15, 0.2) is 0 Å². The predicted octanol–water partition coefficient (Wildman–Crippen LogP) is 3.70. The highest BCUT2D eigenvalue weighted by atomic mass is 16.6. The van der Waals surface area contributed by atoms with Gasteiger partial charge in [0.2, 0.25) is 5.91 Å². The number of likely N-dealkylation sites (tertiary alicyclic amines) is 1. The number of rotatable bonds is 7. The minimum Gasteiger partial charge on any atom is -0.444 e. The highest BCUT2D eigenvalue weighted by molar-refractivity contribution is 5.94. The summed E-state index contributed by atoms with van der Waals surface area (Å²) >= 11 is 0. The maximum atomic E-state index is 12.7. The lowest BCUT2D eigenvalue weighted by Gasteiger charge is -2.31. The molecule has 1 aliphatic heterocycles. The fraction of sp³-hybridized carbons (Fsp3) is 0.552. The third-order valence-corrected chi connectivity index (χ3v) is 6.99. The number of amides is 3. The molecule has 202 valence electrons. The van der Waals surface area contributed by atoms with Crippen molar-refractivity contribution in [1.82, 2.24) is 20.4 Å². The van der Waals surface area contributed by atoms with Crippen LogP contribution >= 0.6 is 0 Å². The zero-order valence-corrected chi connectivity index (χ0v) is 23.0. The van der Waals surface area contributed by atoms with E-state index in [1.165, 1.54) is 5.57 Å². The molecule has 2 aliphatic rings. The minimum absolute atomic E-state index is 0.0234. The average Bonchev–Trinajstić information content (AvgIpc) is 2.84. The van der Waals surface area contributed by atoms with Crippen molar-refractivity contribution >= 4 is 23.5 Å². The van der Waals surface area contributed by atoms with E-state index in [0.29, 0.717) is 12.1 Å². The van der Waals surface area contributed by atoms with Crippen LogP contribution in [0.2, 0.25) is 0 Å². The molecule has 0 saturated carbocycles. The van der Waals surface area contributed by atoms with Gasteiger partial charge < -0.3 is 25.2 Å². The van der Waals surface area contributed by atoms with Crippen LogP contribution in [-0.4, -0.2) is 79.6 Å². The van der Waals surface area contributed by atoms with E-state index in [1.807, 2.05) is 30.3 Å². The van der Waals surface area contributed by atoms with Crippen LogP contribution in [0.4, 0.5) is 4.79 Å². The van der Waals surface area contributed by atoms with Gasteiger partial charge in [-0.3, -0.25) is 9.59 Å². The van der Waals surface area contributed by atoms with Crippen LogP contribution in [0.15, 0.2) is 42.5 Å². The van der Waals surface area contributed by atoms with Gasteiger partial charge in [-0.05, 0) is 82.9 Å². The van der Waals surface area contributed by atoms with E-state index in [0.717, 1.165) is 31.5 Å². The molecule has 2 atom stereocenters. The molecule has 0 radical (unpaired) electrons. The predicted molar refractivity (Wildman–Crippen MR) is 146 cm³/mol. The van der Waals surface area contributed by atoms with E-state index in [9.17, 15) is 14.4 Å². The van der Waals surface area contributed by atoms with Gasteiger partial charge in [-0.25, -0.2) is 4.79 Å². The van der Waals surface area contributed by atoms with E-state index in [-0.39, 0.29) is 36.2 Å². The molecule has 1 heterocycles. The Morgan fingerprint density at radius 1 is 1.11 bits per heavy atom. The van der Waals surface area contributed by atoms with Gasteiger partial charge in [0.05, 0.1) is 0 Å². The Hall–Kier alpha value is -3.13. The molecular formula is C29H42N4O4. The molecule has 0 spiro atoms. The second-order valence-corrected chi connectivity index (χ2v) is 11.2. The maximum absolute atomic E-state index is 12.7. The molecule has 8 nitrogen and oxygen atoms in total. The number of piperidine rings is 1. The molecule has 3 amide bonds. The Morgan fingerprint density at radius 3 is 2.38 bits per heavy atom. The lowest BCUT2D eigenvalue weighted by molar-refractivity contribution is -0.129. The Balaban J connectivity index is 1.53. The molecule has 8 heteroatoms. The Labute approximate surface area is 221 Å². The first-order chi connectivity index (χ1) is 17.4. The van der Waals surface area contributed by atoms with Crippen LogP contribution in [0.1, 0.15) is 56.5 Å². The highest BCUT2D eigenvalue weighted by Crippen LogP contribution is 2.33. The van der Waals surface area contributed by atoms with Crippen LogP contribution in [-0.2, 0) is 9.53 Å². The fourth-order valence-corrected chi connectivity index (χ4v) is 4.68. The van der Waals surface area contributed by atoms with Crippen molar-refractivity contribution in [2.45, 2.75) is 52.2 Å². The number of ether oxygens (including phenoxy) is 1. The van der Waals surface area contributed by atoms with Crippen LogP contribution in [0.5, 0.6) is 0 Å². The summed E-state index contributed by atoms with van der Waals surface area (Å²) in [5.41, 5.74) is 2.29. The fourth-order valence-electron chi connectivity index (χ4n) is 4.68. The number of likely N-dealkylation sites (N-methyl/N-ethyl adjacent to an activating group) is 1. The Bertz CT molecular complexity index is 1020. The first-order valence-electron chi connectivity index (χ1n) is 13.1. The number of nitrogens with zero attached hydrogens (tertiary/aromatic N) is 2. The highest BCUT2D eigenvalue weighted by Gasteiger charge is 2.26. The van der Waals surface area contributed by atoms with Crippen molar-refractivity contribution in [1.29, 1.82) is 0 Å². The lowest BCUT2D eigenvalue weighted by atomic mass is 9.80. The van der Waals surface area contributed by atoms with Gasteiger partial charge in [-0.1, -0.05) is 37.3 Å². The Kier molecular flexibility index (Phi) is 9.54. The summed E-state index contributed by atoms with van der Waals surface area (Å²) in [6.45, 7) is 9.92. The minimum atomic E-state index is -0.612. The second-order valence-electron chi connectivity index (χ2n) is 11.2. The summed E-state index contributed by atoms with van der Waals surface area (Å²) in [6, 6.07) is 8.01. The third-order valence-electron chi connectivity index (χ3n) is 6.99. The molecule has 1 aliphatic carbocycles. The van der Waals surface area contributed by atoms with Crippen LogP contribution in [0.3, 0.4) is 0 Å². The normalized spacial score (nSPS) is 20.6. The second kappa shape index (κ2) is 12.4. The van der Waals surface area contributed by atoms with Crippen LogP contribution in [0, 0.1) is 11.8 Å². The lowest BCUT2D eigenvalue weighted by Crippen LogP contribution is -2.43. The van der Waals surface area contributed by atoms with Crippen molar-refractivity contribution in [3.63, 3.8) is 0 Å². The average molecular weight is 511 g/mol. The molecular weight excluding hydrogens is 468 g/mol. The number of allylic oxidation sites excluding steroid dienone is 3. The topological polar surface area (TPSA) is 91.0 Å². The molecule has 1 aromatic carbocycles. The zero-order valence-electron chi connectivity index (χ0n) is 23.0. The first-order valence-corrected chi connectivity index (χ1v) is 13.1. The summed E-state index contributed by atoms with van der Waals surface area (Å²) in [6.07, 6.45) is 7.59. The zero-order chi connectivity index (χ0) is 27.2. The molecule has 3 rings (SSSR count). The number of alkyl carbamates (subject to hydrolysis) is 1. The van der Waals surface area contributed by atoms with Gasteiger partial charge >= 0.3 is 6.09 Å². The van der Waals surface area contributed by atoms with Crippen molar-refractivity contribution < 1.29 is 19.1 Å². The largest absolute Gasteiger partial charge is 0.444 e. The Morgan fingerprint density at radius 2 is 1.76 bits per heavy atom. The van der Waals surface area contributed by atoms with Crippen LogP contribution < -0.4 is 10.6 Å². The van der Waals surface area contributed by atoms with E-state index in [2.05, 4.69) is 41.7 Å². The van der Waals surface area contributed by atoms with Crippen molar-refractivity contribution in [2.24, 2.45) is 11.8 Å². The number of benzene rings is 1. The van der Waals surface area contributed by atoms with E-state index < -0.39 is 11.7 Å². The number of nitrogens with one attached hydrogen (secondary N) is 2. The molecule has 1 fully saturated rings. The third kappa shape index (κ3) is 8.45. The van der Waals surface area contributed by atoms with Crippen molar-refractivity contribution in [2.75, 3.05) is 40.3 Å². The van der Waals surface area contributed by atoms with E-state index in [4.69, 9.17) is 4.74 Å². The molecule has 2 unspecified atom stereocenters. The summed E-state index contributed by atoms with van der Waals surface area (Å²) < 4.78 is 5.20.